The first-order chi connectivity index (χ1) is 11.2. The van der Waals surface area contributed by atoms with Crippen LogP contribution in [0.15, 0.2) is 48.5 Å². The SMILES string of the molecule is NC(=O)c1cccc(-c2cccc(ONC3CCCCC3)c2)c1. The van der Waals surface area contributed by atoms with Gasteiger partial charge in [-0.25, -0.2) is 0 Å². The van der Waals surface area contributed by atoms with Crippen LogP contribution in [-0.2, 0) is 0 Å². The first-order valence-electron chi connectivity index (χ1n) is 8.15. The van der Waals surface area contributed by atoms with Crippen molar-refractivity contribution in [2.75, 3.05) is 0 Å². The van der Waals surface area contributed by atoms with E-state index in [2.05, 4.69) is 5.48 Å². The van der Waals surface area contributed by atoms with Crippen LogP contribution < -0.4 is 16.1 Å². The van der Waals surface area contributed by atoms with E-state index in [4.69, 9.17) is 10.6 Å². The van der Waals surface area contributed by atoms with Crippen molar-refractivity contribution >= 4 is 5.91 Å². The highest BCUT2D eigenvalue weighted by Crippen LogP contribution is 2.25. The smallest absolute Gasteiger partial charge is 0.248 e. The first kappa shape index (κ1) is 15.6. The van der Waals surface area contributed by atoms with Gasteiger partial charge >= 0.3 is 0 Å². The number of hydroxylamine groups is 1. The van der Waals surface area contributed by atoms with Gasteiger partial charge < -0.3 is 10.6 Å². The van der Waals surface area contributed by atoms with Gasteiger partial charge in [-0.05, 0) is 48.2 Å². The van der Waals surface area contributed by atoms with Gasteiger partial charge in [0.25, 0.3) is 0 Å². The Morgan fingerprint density at radius 3 is 2.43 bits per heavy atom. The Labute approximate surface area is 136 Å². The Hall–Kier alpha value is -2.33. The van der Waals surface area contributed by atoms with Crippen LogP contribution in [0.1, 0.15) is 42.5 Å². The lowest BCUT2D eigenvalue weighted by Crippen LogP contribution is -2.33. The lowest BCUT2D eigenvalue weighted by molar-refractivity contribution is 0.100. The lowest BCUT2D eigenvalue weighted by atomic mass is 9.96. The molecule has 0 aromatic heterocycles. The predicted molar refractivity (Wildman–Crippen MR) is 91.0 cm³/mol. The van der Waals surface area contributed by atoms with Crippen LogP contribution in [0.3, 0.4) is 0 Å². The molecular formula is C19H22N2O2. The van der Waals surface area contributed by atoms with Crippen LogP contribution in [-0.4, -0.2) is 11.9 Å². The van der Waals surface area contributed by atoms with Crippen LogP contribution in [0.2, 0.25) is 0 Å². The highest BCUT2D eigenvalue weighted by Gasteiger charge is 2.13. The maximum absolute atomic E-state index is 11.3. The Bertz CT molecular complexity index is 679. The zero-order valence-corrected chi connectivity index (χ0v) is 13.1. The van der Waals surface area contributed by atoms with E-state index in [1.165, 1.54) is 32.1 Å². The molecule has 3 N–H and O–H groups in total. The van der Waals surface area contributed by atoms with E-state index in [0.29, 0.717) is 11.6 Å². The van der Waals surface area contributed by atoms with Crippen molar-refractivity contribution in [3.63, 3.8) is 0 Å². The van der Waals surface area contributed by atoms with E-state index in [9.17, 15) is 4.79 Å². The molecule has 0 bridgehead atoms. The largest absolute Gasteiger partial charge is 0.408 e. The molecule has 120 valence electrons. The van der Waals surface area contributed by atoms with E-state index >= 15 is 0 Å². The number of nitrogens with two attached hydrogens (primary N) is 1. The zero-order valence-electron chi connectivity index (χ0n) is 13.1. The lowest BCUT2D eigenvalue weighted by Gasteiger charge is -2.22. The number of amides is 1. The number of hydrogen-bond acceptors (Lipinski definition) is 3. The van der Waals surface area contributed by atoms with Crippen molar-refractivity contribution in [2.24, 2.45) is 5.73 Å². The molecule has 0 radical (unpaired) electrons. The molecule has 0 spiro atoms. The summed E-state index contributed by atoms with van der Waals surface area (Å²) in [4.78, 5) is 17.1. The fourth-order valence-corrected chi connectivity index (χ4v) is 2.96. The normalized spacial score (nSPS) is 15.3. The molecule has 23 heavy (non-hydrogen) atoms. The fraction of sp³-hybridized carbons (Fsp3) is 0.316. The second-order valence-electron chi connectivity index (χ2n) is 6.03. The number of carbonyl (C=O) groups is 1. The first-order valence-corrected chi connectivity index (χ1v) is 8.15. The Kier molecular flexibility index (Phi) is 4.93. The molecule has 0 aliphatic heterocycles. The Morgan fingerprint density at radius 2 is 1.70 bits per heavy atom. The molecule has 0 saturated heterocycles. The summed E-state index contributed by atoms with van der Waals surface area (Å²) in [6.45, 7) is 0. The maximum atomic E-state index is 11.3. The average Bonchev–Trinajstić information content (AvgIpc) is 2.61. The van der Waals surface area contributed by atoms with Crippen molar-refractivity contribution in [2.45, 2.75) is 38.1 Å². The van der Waals surface area contributed by atoms with Gasteiger partial charge in [-0.2, -0.15) is 5.48 Å². The molecule has 2 aromatic carbocycles. The van der Waals surface area contributed by atoms with E-state index < -0.39 is 5.91 Å². The van der Waals surface area contributed by atoms with E-state index in [0.717, 1.165) is 16.9 Å². The molecule has 0 unspecified atom stereocenters. The van der Waals surface area contributed by atoms with Gasteiger partial charge in [0.15, 0.2) is 0 Å². The van der Waals surface area contributed by atoms with Gasteiger partial charge in [0.05, 0.1) is 0 Å². The molecule has 1 aliphatic rings. The number of rotatable bonds is 5. The van der Waals surface area contributed by atoms with Gasteiger partial charge in [-0.15, -0.1) is 0 Å². The third kappa shape index (κ3) is 4.11. The second-order valence-corrected chi connectivity index (χ2v) is 6.03. The molecule has 3 rings (SSSR count). The van der Waals surface area contributed by atoms with E-state index in [1.807, 2.05) is 36.4 Å². The number of nitrogens with one attached hydrogen (secondary N) is 1. The van der Waals surface area contributed by atoms with E-state index in [-0.39, 0.29) is 0 Å². The van der Waals surface area contributed by atoms with E-state index in [1.54, 1.807) is 12.1 Å². The van der Waals surface area contributed by atoms with Crippen molar-refractivity contribution in [1.82, 2.24) is 5.48 Å². The number of benzene rings is 2. The summed E-state index contributed by atoms with van der Waals surface area (Å²) in [6, 6.07) is 15.6. The minimum atomic E-state index is -0.418. The van der Waals surface area contributed by atoms with Crippen LogP contribution in [0.25, 0.3) is 11.1 Å². The second kappa shape index (κ2) is 7.29. The van der Waals surface area contributed by atoms with Gasteiger partial charge in [-0.3, -0.25) is 4.79 Å². The van der Waals surface area contributed by atoms with Gasteiger partial charge in [0.1, 0.15) is 5.75 Å². The third-order valence-corrected chi connectivity index (χ3v) is 4.26. The minimum Gasteiger partial charge on any atom is -0.408 e. The molecule has 2 aromatic rings. The summed E-state index contributed by atoms with van der Waals surface area (Å²) in [5, 5.41) is 0. The summed E-state index contributed by atoms with van der Waals surface area (Å²) in [5.74, 6) is 0.357. The molecule has 1 amide bonds. The summed E-state index contributed by atoms with van der Waals surface area (Å²) in [5.41, 5.74) is 11.0. The minimum absolute atomic E-state index is 0.418. The Balaban J connectivity index is 1.71. The van der Waals surface area contributed by atoms with Crippen molar-refractivity contribution in [1.29, 1.82) is 0 Å². The summed E-state index contributed by atoms with van der Waals surface area (Å²) >= 11 is 0. The third-order valence-electron chi connectivity index (χ3n) is 4.26. The van der Waals surface area contributed by atoms with Gasteiger partial charge in [0, 0.05) is 11.6 Å². The molecule has 1 saturated carbocycles. The summed E-state index contributed by atoms with van der Waals surface area (Å²) in [7, 11) is 0. The number of hydrogen-bond donors (Lipinski definition) is 2. The van der Waals surface area contributed by atoms with Crippen molar-refractivity contribution in [3.05, 3.63) is 54.1 Å². The Morgan fingerprint density at radius 1 is 1.00 bits per heavy atom. The van der Waals surface area contributed by atoms with Crippen LogP contribution in [0.5, 0.6) is 5.75 Å². The summed E-state index contributed by atoms with van der Waals surface area (Å²) < 4.78 is 0. The zero-order chi connectivity index (χ0) is 16.1. The van der Waals surface area contributed by atoms with Crippen LogP contribution >= 0.6 is 0 Å². The van der Waals surface area contributed by atoms with Crippen LogP contribution in [0.4, 0.5) is 0 Å². The molecule has 1 fully saturated rings. The molecule has 0 atom stereocenters. The van der Waals surface area contributed by atoms with Crippen molar-refractivity contribution < 1.29 is 9.63 Å². The quantitative estimate of drug-likeness (QED) is 0.828. The highest BCUT2D eigenvalue weighted by molar-refractivity contribution is 5.94. The molecule has 4 nitrogen and oxygen atoms in total. The fourth-order valence-electron chi connectivity index (χ4n) is 2.96. The summed E-state index contributed by atoms with van der Waals surface area (Å²) in [6.07, 6.45) is 6.19. The molecule has 4 heteroatoms. The number of primary amides is 1. The van der Waals surface area contributed by atoms with Gasteiger partial charge in [0.2, 0.25) is 5.91 Å². The van der Waals surface area contributed by atoms with Crippen molar-refractivity contribution in [3.8, 4) is 16.9 Å². The molecular weight excluding hydrogens is 288 g/mol. The molecule has 0 heterocycles. The molecule has 1 aliphatic carbocycles. The number of carbonyl (C=O) groups excluding carboxylic acids is 1. The monoisotopic (exact) mass is 310 g/mol. The highest BCUT2D eigenvalue weighted by atomic mass is 16.6. The standard InChI is InChI=1S/C19H22N2O2/c20-19(22)16-8-4-6-14(12-16)15-7-5-11-18(13-15)23-21-17-9-2-1-3-10-17/h4-8,11-13,17,21H,1-3,9-10H2,(H2,20,22). The topological polar surface area (TPSA) is 64.4 Å². The maximum Gasteiger partial charge on any atom is 0.248 e. The van der Waals surface area contributed by atoms with Crippen LogP contribution in [0, 0.1) is 0 Å². The van der Waals surface area contributed by atoms with Gasteiger partial charge in [-0.1, -0.05) is 43.5 Å². The predicted octanol–water partition coefficient (Wildman–Crippen LogP) is 3.67. The average molecular weight is 310 g/mol.